The first-order valence-electron chi connectivity index (χ1n) is 9.64. The molecule has 0 aliphatic carbocycles. The number of hydrogen-bond donors (Lipinski definition) is 1. The molecule has 158 valence electrons. The number of carbonyl (C=O) groups is 1. The van der Waals surface area contributed by atoms with Crippen molar-refractivity contribution in [2.24, 2.45) is 0 Å². The Hall–Kier alpha value is -2.98. The van der Waals surface area contributed by atoms with E-state index in [4.69, 9.17) is 4.74 Å². The highest BCUT2D eigenvalue weighted by Gasteiger charge is 2.35. The van der Waals surface area contributed by atoms with E-state index in [0.29, 0.717) is 37.6 Å². The van der Waals surface area contributed by atoms with Gasteiger partial charge in [0.15, 0.2) is 0 Å². The second-order valence-electron chi connectivity index (χ2n) is 7.09. The molecular weight excluding hydrogens is 408 g/mol. The molecule has 10 heteroatoms. The Kier molecular flexibility index (Phi) is 5.44. The number of aromatic nitrogens is 3. The van der Waals surface area contributed by atoms with Crippen LogP contribution in [0.3, 0.4) is 0 Å². The molecule has 9 nitrogen and oxygen atoms in total. The maximum Gasteiger partial charge on any atom is 0.323 e. The van der Waals surface area contributed by atoms with Crippen molar-refractivity contribution in [2.45, 2.75) is 30.7 Å². The van der Waals surface area contributed by atoms with Crippen LogP contribution in [-0.2, 0) is 21.4 Å². The molecule has 0 amide bonds. The minimum Gasteiger partial charge on any atom is -0.480 e. The zero-order valence-electron chi connectivity index (χ0n) is 16.4. The normalized spacial score (nSPS) is 17.4. The molecule has 3 aromatic heterocycles. The summed E-state index contributed by atoms with van der Waals surface area (Å²) < 4.78 is 34.4. The van der Waals surface area contributed by atoms with E-state index < -0.39 is 16.0 Å². The molecule has 30 heavy (non-hydrogen) atoms. The van der Waals surface area contributed by atoms with Gasteiger partial charge in [0, 0.05) is 42.9 Å². The number of nitrogens with zero attached hydrogens (tertiary/aromatic N) is 4. The van der Waals surface area contributed by atoms with Gasteiger partial charge in [0.1, 0.15) is 17.1 Å². The second kappa shape index (κ2) is 8.04. The highest BCUT2D eigenvalue weighted by molar-refractivity contribution is 7.89. The lowest BCUT2D eigenvalue weighted by atomic mass is 9.99. The van der Waals surface area contributed by atoms with Crippen molar-refractivity contribution >= 4 is 27.0 Å². The van der Waals surface area contributed by atoms with Crippen LogP contribution in [-0.4, -0.2) is 58.0 Å². The van der Waals surface area contributed by atoms with Crippen LogP contribution in [0.15, 0.2) is 47.8 Å². The van der Waals surface area contributed by atoms with Crippen LogP contribution in [0.2, 0.25) is 0 Å². The molecule has 4 heterocycles. The second-order valence-corrected chi connectivity index (χ2v) is 9.03. The molecule has 1 aliphatic heterocycles. The van der Waals surface area contributed by atoms with E-state index in [-0.39, 0.29) is 17.4 Å². The third-order valence-electron chi connectivity index (χ3n) is 5.20. The fraction of sp³-hybridized carbons (Fsp3) is 0.350. The maximum atomic E-state index is 13.0. The van der Waals surface area contributed by atoms with E-state index in [9.17, 15) is 18.3 Å². The lowest BCUT2D eigenvalue weighted by Gasteiger charge is -2.16. The van der Waals surface area contributed by atoms with E-state index >= 15 is 0 Å². The van der Waals surface area contributed by atoms with Crippen LogP contribution < -0.4 is 4.74 Å². The summed E-state index contributed by atoms with van der Waals surface area (Å²) in [5.74, 6) is -0.616. The van der Waals surface area contributed by atoms with Gasteiger partial charge in [-0.2, -0.15) is 4.31 Å². The van der Waals surface area contributed by atoms with Gasteiger partial charge in [0.25, 0.3) is 0 Å². The van der Waals surface area contributed by atoms with Crippen LogP contribution in [0.5, 0.6) is 5.88 Å². The number of aliphatic carboxylic acids is 1. The van der Waals surface area contributed by atoms with Crippen molar-refractivity contribution in [1.29, 1.82) is 0 Å². The Morgan fingerprint density at radius 3 is 2.83 bits per heavy atom. The number of rotatable bonds is 7. The fourth-order valence-electron chi connectivity index (χ4n) is 3.84. The van der Waals surface area contributed by atoms with Crippen LogP contribution in [0.4, 0.5) is 0 Å². The van der Waals surface area contributed by atoms with Crippen molar-refractivity contribution in [1.82, 2.24) is 18.8 Å². The third-order valence-corrected chi connectivity index (χ3v) is 7.05. The Morgan fingerprint density at radius 1 is 1.30 bits per heavy atom. The zero-order chi connectivity index (χ0) is 21.3. The van der Waals surface area contributed by atoms with E-state index in [1.165, 1.54) is 16.6 Å². The fourth-order valence-corrected chi connectivity index (χ4v) is 5.29. The number of carboxylic acid groups (broad SMARTS) is 1. The molecule has 3 aromatic rings. The summed E-state index contributed by atoms with van der Waals surface area (Å²) in [6.07, 6.45) is 5.36. The molecule has 0 bridgehead atoms. The molecule has 1 fully saturated rings. The van der Waals surface area contributed by atoms with Crippen molar-refractivity contribution in [2.75, 3.05) is 19.7 Å². The number of pyridine rings is 2. The summed E-state index contributed by atoms with van der Waals surface area (Å²) in [4.78, 5) is 19.7. The number of carboxylic acids is 1. The molecule has 1 aliphatic rings. The van der Waals surface area contributed by atoms with Crippen LogP contribution >= 0.6 is 0 Å². The molecule has 1 saturated heterocycles. The molecule has 1 unspecified atom stereocenters. The summed E-state index contributed by atoms with van der Waals surface area (Å²) >= 11 is 0. The minimum atomic E-state index is -3.68. The van der Waals surface area contributed by atoms with Gasteiger partial charge >= 0.3 is 5.97 Å². The highest BCUT2D eigenvalue weighted by atomic mass is 32.2. The van der Waals surface area contributed by atoms with Crippen LogP contribution in [0.25, 0.3) is 11.0 Å². The van der Waals surface area contributed by atoms with E-state index in [0.717, 1.165) is 10.9 Å². The van der Waals surface area contributed by atoms with Gasteiger partial charge in [0.05, 0.1) is 12.8 Å². The molecule has 1 N–H and O–H groups in total. The van der Waals surface area contributed by atoms with Gasteiger partial charge in [-0.15, -0.1) is 0 Å². The number of ether oxygens (including phenoxy) is 1. The topological polar surface area (TPSA) is 115 Å². The highest BCUT2D eigenvalue weighted by Crippen LogP contribution is 2.35. The summed E-state index contributed by atoms with van der Waals surface area (Å²) in [5, 5.41) is 10.0. The van der Waals surface area contributed by atoms with Gasteiger partial charge in [0.2, 0.25) is 15.9 Å². The number of fused-ring (bicyclic) bond motifs is 1. The lowest BCUT2D eigenvalue weighted by molar-refractivity contribution is -0.137. The molecule has 0 spiro atoms. The lowest BCUT2D eigenvalue weighted by Crippen LogP contribution is -2.28. The Balaban J connectivity index is 1.59. The first-order valence-corrected chi connectivity index (χ1v) is 11.1. The predicted octanol–water partition coefficient (Wildman–Crippen LogP) is 2.09. The molecular formula is C20H22N4O5S. The van der Waals surface area contributed by atoms with Gasteiger partial charge in [-0.1, -0.05) is 0 Å². The van der Waals surface area contributed by atoms with E-state index in [1.807, 2.05) is 13.0 Å². The first kappa shape index (κ1) is 20.3. The Morgan fingerprint density at radius 2 is 2.13 bits per heavy atom. The van der Waals surface area contributed by atoms with Crippen molar-refractivity contribution < 1.29 is 23.1 Å². The Bertz CT molecular complexity index is 1170. The standard InChI is InChI=1S/C20H22N4O5S/c1-2-29-18-6-5-15(10-22-18)30(27,28)24-9-7-14(11-24)17-12-23(13-19(25)26)20-16(17)4-3-8-21-20/h3-6,8,10,12,14H,2,7,9,11,13H2,1H3,(H,25,26). The number of hydrogen-bond acceptors (Lipinski definition) is 6. The average Bonchev–Trinajstić information content (AvgIpc) is 3.34. The van der Waals surface area contributed by atoms with Crippen molar-refractivity contribution in [3.8, 4) is 5.88 Å². The van der Waals surface area contributed by atoms with E-state index in [1.54, 1.807) is 29.1 Å². The Labute approximate surface area is 174 Å². The molecule has 0 radical (unpaired) electrons. The van der Waals surface area contributed by atoms with Gasteiger partial charge in [-0.3, -0.25) is 4.79 Å². The average molecular weight is 430 g/mol. The number of sulfonamides is 1. The summed E-state index contributed by atoms with van der Waals surface area (Å²) in [7, 11) is -3.68. The predicted molar refractivity (Wildman–Crippen MR) is 109 cm³/mol. The zero-order valence-corrected chi connectivity index (χ0v) is 17.2. The van der Waals surface area contributed by atoms with Crippen molar-refractivity contribution in [3.63, 3.8) is 0 Å². The van der Waals surface area contributed by atoms with Crippen LogP contribution in [0.1, 0.15) is 24.8 Å². The summed E-state index contributed by atoms with van der Waals surface area (Å²) in [6.45, 7) is 2.79. The largest absolute Gasteiger partial charge is 0.480 e. The first-order chi connectivity index (χ1) is 14.4. The summed E-state index contributed by atoms with van der Waals surface area (Å²) in [5.41, 5.74) is 1.51. The molecule has 1 atom stereocenters. The van der Waals surface area contributed by atoms with Gasteiger partial charge < -0.3 is 14.4 Å². The van der Waals surface area contributed by atoms with Crippen LogP contribution in [0, 0.1) is 0 Å². The van der Waals surface area contributed by atoms with Gasteiger partial charge in [-0.25, -0.2) is 18.4 Å². The smallest absolute Gasteiger partial charge is 0.323 e. The third kappa shape index (κ3) is 3.75. The maximum absolute atomic E-state index is 13.0. The molecule has 4 rings (SSSR count). The van der Waals surface area contributed by atoms with Gasteiger partial charge in [-0.05, 0) is 37.1 Å². The summed E-state index contributed by atoms with van der Waals surface area (Å²) in [6, 6.07) is 6.74. The molecule has 0 saturated carbocycles. The van der Waals surface area contributed by atoms with Crippen molar-refractivity contribution in [3.05, 3.63) is 48.4 Å². The minimum absolute atomic E-state index is 0.0443. The molecule has 0 aromatic carbocycles. The SMILES string of the molecule is CCOc1ccc(S(=O)(=O)N2CCC(c3cn(CC(=O)O)c4ncccc34)C2)cn1. The quantitative estimate of drug-likeness (QED) is 0.610. The van der Waals surface area contributed by atoms with E-state index in [2.05, 4.69) is 9.97 Å². The monoisotopic (exact) mass is 430 g/mol.